The van der Waals surface area contributed by atoms with E-state index in [9.17, 15) is 4.79 Å². The minimum absolute atomic E-state index is 0.199. The summed E-state index contributed by atoms with van der Waals surface area (Å²) in [4.78, 5) is 18.1. The molecule has 0 unspecified atom stereocenters. The van der Waals surface area contributed by atoms with E-state index in [-0.39, 0.29) is 5.54 Å². The molecule has 0 aromatic carbocycles. The molecule has 6 aliphatic rings. The van der Waals surface area contributed by atoms with Crippen molar-refractivity contribution in [2.75, 3.05) is 0 Å². The zero-order valence-corrected chi connectivity index (χ0v) is 18.6. The average molecular weight is 413 g/mol. The molecule has 1 heterocycles. The van der Waals surface area contributed by atoms with Gasteiger partial charge in [0.15, 0.2) is 4.80 Å². The second kappa shape index (κ2) is 7.07. The Hall–Kier alpha value is -0.900. The second-order valence-corrected chi connectivity index (χ2v) is 12.1. The van der Waals surface area contributed by atoms with Crippen molar-refractivity contribution in [3.05, 3.63) is 15.9 Å². The van der Waals surface area contributed by atoms with Gasteiger partial charge in [-0.15, -0.1) is 11.3 Å². The number of carbonyl (C=O) groups is 1. The maximum atomic E-state index is 11.0. The molecule has 1 aromatic rings. The van der Waals surface area contributed by atoms with Crippen molar-refractivity contribution in [3.8, 4) is 0 Å². The molecule has 0 radical (unpaired) electrons. The molecule has 0 saturated heterocycles. The van der Waals surface area contributed by atoms with Crippen molar-refractivity contribution < 1.29 is 4.79 Å². The van der Waals surface area contributed by atoms with Crippen LogP contribution in [0.5, 0.6) is 0 Å². The van der Waals surface area contributed by atoms with Gasteiger partial charge >= 0.3 is 0 Å². The van der Waals surface area contributed by atoms with Crippen LogP contribution in [-0.2, 0) is 11.2 Å². The van der Waals surface area contributed by atoms with Crippen LogP contribution < -0.4 is 4.80 Å². The van der Waals surface area contributed by atoms with Crippen LogP contribution in [0.1, 0.15) is 102 Å². The minimum atomic E-state index is 0.199. The van der Waals surface area contributed by atoms with Crippen molar-refractivity contribution >= 4 is 17.6 Å². The molecule has 1 aromatic heterocycles. The predicted octanol–water partition coefficient (Wildman–Crippen LogP) is 5.84. The van der Waals surface area contributed by atoms with E-state index in [1.165, 1.54) is 94.0 Å². The fraction of sp³-hybridized carbons (Fsp3) is 0.840. The van der Waals surface area contributed by atoms with Crippen LogP contribution in [-0.4, -0.2) is 16.4 Å². The number of thiazole rings is 1. The number of aromatic nitrogens is 1. The molecule has 0 spiro atoms. The molecule has 7 rings (SSSR count). The number of rotatable bonds is 6. The zero-order chi connectivity index (χ0) is 19.5. The van der Waals surface area contributed by atoms with E-state index >= 15 is 0 Å². The van der Waals surface area contributed by atoms with E-state index in [0.29, 0.717) is 17.9 Å². The smallest absolute Gasteiger partial charge is 0.185 e. The molecular weight excluding hydrogens is 376 g/mol. The van der Waals surface area contributed by atoms with Gasteiger partial charge in [0.1, 0.15) is 6.29 Å². The third kappa shape index (κ3) is 3.11. The van der Waals surface area contributed by atoms with Gasteiger partial charge in [-0.25, -0.2) is 0 Å². The van der Waals surface area contributed by atoms with E-state index < -0.39 is 0 Å². The normalized spacial score (nSPS) is 38.5. The Balaban J connectivity index is 1.44. The van der Waals surface area contributed by atoms with Gasteiger partial charge in [0.25, 0.3) is 0 Å². The maximum absolute atomic E-state index is 11.0. The summed E-state index contributed by atoms with van der Waals surface area (Å²) in [6, 6.07) is 0.652. The molecule has 0 amide bonds. The van der Waals surface area contributed by atoms with Crippen LogP contribution in [0.3, 0.4) is 0 Å². The molecule has 158 valence electrons. The van der Waals surface area contributed by atoms with Gasteiger partial charge in [-0.3, -0.25) is 4.99 Å². The predicted molar refractivity (Wildman–Crippen MR) is 117 cm³/mol. The van der Waals surface area contributed by atoms with E-state index in [4.69, 9.17) is 4.99 Å². The molecule has 3 nitrogen and oxygen atoms in total. The van der Waals surface area contributed by atoms with Gasteiger partial charge in [-0.05, 0) is 93.8 Å². The third-order valence-corrected chi connectivity index (χ3v) is 10.2. The number of carbonyl (C=O) groups excluding carboxylic acids is 1. The number of hydrogen-bond donors (Lipinski definition) is 0. The monoisotopic (exact) mass is 412 g/mol. The van der Waals surface area contributed by atoms with Crippen molar-refractivity contribution in [1.29, 1.82) is 0 Å². The van der Waals surface area contributed by atoms with Crippen LogP contribution in [0, 0.1) is 23.2 Å². The number of nitrogens with zero attached hydrogens (tertiary/aromatic N) is 2. The highest BCUT2D eigenvalue weighted by Gasteiger charge is 2.60. The van der Waals surface area contributed by atoms with Crippen LogP contribution >= 0.6 is 11.3 Å². The largest absolute Gasteiger partial charge is 0.318 e. The van der Waals surface area contributed by atoms with Gasteiger partial charge in [-0.2, -0.15) is 0 Å². The Morgan fingerprint density at radius 3 is 2.28 bits per heavy atom. The molecule has 6 aliphatic carbocycles. The fourth-order valence-corrected chi connectivity index (χ4v) is 9.39. The van der Waals surface area contributed by atoms with Gasteiger partial charge in [0.05, 0.1) is 5.54 Å². The van der Waals surface area contributed by atoms with Crippen LogP contribution in [0.2, 0.25) is 0 Å². The van der Waals surface area contributed by atoms with Crippen LogP contribution in [0.15, 0.2) is 10.4 Å². The Kier molecular flexibility index (Phi) is 4.59. The molecule has 0 atom stereocenters. The van der Waals surface area contributed by atoms with E-state index in [0.717, 1.165) is 30.5 Å². The molecule has 29 heavy (non-hydrogen) atoms. The summed E-state index contributed by atoms with van der Waals surface area (Å²) in [6.07, 6.45) is 21.0. The summed E-state index contributed by atoms with van der Waals surface area (Å²) in [5.41, 5.74) is 2.06. The first-order valence-electron chi connectivity index (χ1n) is 12.4. The zero-order valence-electron chi connectivity index (χ0n) is 17.8. The van der Waals surface area contributed by atoms with Gasteiger partial charge in [-0.1, -0.05) is 19.3 Å². The second-order valence-electron chi connectivity index (χ2n) is 11.2. The van der Waals surface area contributed by atoms with Gasteiger partial charge in [0.2, 0.25) is 0 Å². The Labute approximate surface area is 179 Å². The molecule has 6 saturated carbocycles. The number of hydrogen-bond acceptors (Lipinski definition) is 3. The van der Waals surface area contributed by atoms with Crippen molar-refractivity contribution in [2.45, 2.75) is 108 Å². The third-order valence-electron chi connectivity index (χ3n) is 9.26. The summed E-state index contributed by atoms with van der Waals surface area (Å²) in [5, 5.41) is 2.32. The first-order valence-corrected chi connectivity index (χ1v) is 13.3. The van der Waals surface area contributed by atoms with Crippen molar-refractivity contribution in [3.63, 3.8) is 0 Å². The lowest BCUT2D eigenvalue weighted by atomic mass is 9.43. The van der Waals surface area contributed by atoms with Gasteiger partial charge in [0, 0.05) is 23.5 Å². The number of aldehydes is 1. The molecule has 6 fully saturated rings. The topological polar surface area (TPSA) is 34.4 Å². The SMILES string of the molecule is O=CCCc1csc(=NC2(C34CC5CC(CC(C5)C3)C4)CCCCC2)n1C1CC1. The van der Waals surface area contributed by atoms with Crippen LogP contribution in [0.25, 0.3) is 0 Å². The van der Waals surface area contributed by atoms with Gasteiger partial charge < -0.3 is 9.36 Å². The van der Waals surface area contributed by atoms with E-state index in [1.807, 2.05) is 11.3 Å². The quantitative estimate of drug-likeness (QED) is 0.541. The Morgan fingerprint density at radius 1 is 1.03 bits per heavy atom. The molecule has 4 bridgehead atoms. The molecule has 4 heteroatoms. The summed E-state index contributed by atoms with van der Waals surface area (Å²) in [6.45, 7) is 0. The molecule has 0 aliphatic heterocycles. The van der Waals surface area contributed by atoms with E-state index in [2.05, 4.69) is 9.95 Å². The first-order chi connectivity index (χ1) is 14.2. The summed E-state index contributed by atoms with van der Waals surface area (Å²) in [7, 11) is 0. The standard InChI is InChI=1S/C25H36N2OS/c28-10-4-5-22-17-29-23(27(22)21-6-7-21)26-25(8-2-1-3-9-25)24-14-18-11-19(15-24)13-20(12-18)16-24/h10,17-21H,1-9,11-16H2. The number of aryl methyl sites for hydroxylation is 1. The molecule has 0 N–H and O–H groups in total. The lowest BCUT2D eigenvalue weighted by Gasteiger charge is -2.63. The van der Waals surface area contributed by atoms with Crippen LogP contribution in [0.4, 0.5) is 0 Å². The molecular formula is C25H36N2OS. The fourth-order valence-electron chi connectivity index (χ4n) is 8.31. The lowest BCUT2D eigenvalue weighted by molar-refractivity contribution is -0.107. The van der Waals surface area contributed by atoms with Crippen molar-refractivity contribution in [1.82, 2.24) is 4.57 Å². The maximum Gasteiger partial charge on any atom is 0.185 e. The average Bonchev–Trinajstić information content (AvgIpc) is 3.47. The van der Waals surface area contributed by atoms with E-state index in [1.54, 1.807) is 0 Å². The minimum Gasteiger partial charge on any atom is -0.318 e. The highest BCUT2D eigenvalue weighted by Crippen LogP contribution is 2.66. The summed E-state index contributed by atoms with van der Waals surface area (Å²) >= 11 is 1.87. The Morgan fingerprint density at radius 2 is 1.69 bits per heavy atom. The lowest BCUT2D eigenvalue weighted by Crippen LogP contribution is -2.58. The first kappa shape index (κ1) is 18.8. The summed E-state index contributed by atoms with van der Waals surface area (Å²) in [5.74, 6) is 2.99. The Bertz CT molecular complexity index is 804. The highest BCUT2D eigenvalue weighted by molar-refractivity contribution is 7.07. The summed E-state index contributed by atoms with van der Waals surface area (Å²) < 4.78 is 2.56. The van der Waals surface area contributed by atoms with Crippen molar-refractivity contribution in [2.24, 2.45) is 28.2 Å². The highest BCUT2D eigenvalue weighted by atomic mass is 32.1.